The zero-order valence-electron chi connectivity index (χ0n) is 17.5. The molecule has 1 N–H and O–H groups in total. The number of methoxy groups -OCH3 is 2. The number of nitrogens with one attached hydrogen (secondary N) is 1. The first-order valence-corrected chi connectivity index (χ1v) is 10.4. The van der Waals surface area contributed by atoms with Crippen LogP contribution in [0.15, 0.2) is 53.4 Å². The number of rotatable bonds is 8. The van der Waals surface area contributed by atoms with Crippen LogP contribution < -0.4 is 14.8 Å². The van der Waals surface area contributed by atoms with E-state index in [1.807, 2.05) is 0 Å². The van der Waals surface area contributed by atoms with Gasteiger partial charge in [-0.15, -0.1) is 0 Å². The van der Waals surface area contributed by atoms with Crippen molar-refractivity contribution in [3.63, 3.8) is 0 Å². The topological polar surface area (TPSA) is 84.9 Å². The molecule has 0 spiro atoms. The molecule has 3 amide bonds. The Bertz CT molecular complexity index is 1080. The van der Waals surface area contributed by atoms with E-state index in [1.165, 1.54) is 50.6 Å². The van der Waals surface area contributed by atoms with Gasteiger partial charge in [-0.2, -0.15) is 0 Å². The largest absolute Gasteiger partial charge is 0.493 e. The maximum Gasteiger partial charge on any atom is 0.293 e. The second kappa shape index (κ2) is 10.6. The van der Waals surface area contributed by atoms with Crippen molar-refractivity contribution < 1.29 is 28.2 Å². The zero-order valence-corrected chi connectivity index (χ0v) is 18.3. The monoisotopic (exact) mass is 456 g/mol. The van der Waals surface area contributed by atoms with Crippen LogP contribution in [0.5, 0.6) is 11.5 Å². The molecule has 166 valence electrons. The summed E-state index contributed by atoms with van der Waals surface area (Å²) >= 11 is 0.810. The lowest BCUT2D eigenvalue weighted by atomic mass is 10.2. The number of carbonyl (C=O) groups excluding carboxylic acids is 3. The third-order valence-corrected chi connectivity index (χ3v) is 5.42. The van der Waals surface area contributed by atoms with Crippen molar-refractivity contribution in [2.24, 2.45) is 0 Å². The van der Waals surface area contributed by atoms with Gasteiger partial charge < -0.3 is 14.8 Å². The predicted octanol–water partition coefficient (Wildman–Crippen LogP) is 3.71. The molecule has 0 aliphatic carbocycles. The van der Waals surface area contributed by atoms with Gasteiger partial charge in [-0.3, -0.25) is 19.3 Å². The van der Waals surface area contributed by atoms with Crippen molar-refractivity contribution in [3.05, 3.63) is 70.4 Å². The molecule has 1 heterocycles. The van der Waals surface area contributed by atoms with Crippen molar-refractivity contribution >= 4 is 41.0 Å². The number of hydrogen-bond donors (Lipinski definition) is 1. The van der Waals surface area contributed by atoms with E-state index in [1.54, 1.807) is 24.3 Å². The standard InChI is InChI=1S/C23H21FN2O5S/c1-30-18-9-5-15(13-19(18)31-2)6-10-21(27)25-11-12-26-22(28)20(32-23(26)29)14-16-3-7-17(24)8-4-16/h3-10,13-14H,11-12H2,1-2H3,(H,25,27). The number of carbonyl (C=O) groups is 3. The summed E-state index contributed by atoms with van der Waals surface area (Å²) in [6, 6.07) is 10.8. The van der Waals surface area contributed by atoms with Crippen LogP contribution in [0.3, 0.4) is 0 Å². The van der Waals surface area contributed by atoms with Gasteiger partial charge in [-0.05, 0) is 59.3 Å². The molecule has 3 rings (SSSR count). The maximum absolute atomic E-state index is 13.0. The number of hydrogen-bond acceptors (Lipinski definition) is 6. The molecule has 0 bridgehead atoms. The number of imide groups is 1. The molecule has 2 aromatic carbocycles. The lowest BCUT2D eigenvalue weighted by molar-refractivity contribution is -0.123. The number of ether oxygens (including phenoxy) is 2. The van der Waals surface area contributed by atoms with Crippen LogP contribution in [-0.2, 0) is 9.59 Å². The molecule has 2 aromatic rings. The van der Waals surface area contributed by atoms with Crippen molar-refractivity contribution in [2.45, 2.75) is 0 Å². The van der Waals surface area contributed by atoms with E-state index in [0.717, 1.165) is 22.2 Å². The number of nitrogens with zero attached hydrogens (tertiary/aromatic N) is 1. The molecule has 1 aliphatic heterocycles. The highest BCUT2D eigenvalue weighted by Gasteiger charge is 2.34. The SMILES string of the molecule is COc1ccc(C=CC(=O)NCCN2C(=O)SC(=Cc3ccc(F)cc3)C2=O)cc1OC. The summed E-state index contributed by atoms with van der Waals surface area (Å²) in [4.78, 5) is 38.0. The molecule has 9 heteroatoms. The fraction of sp³-hybridized carbons (Fsp3) is 0.174. The lowest BCUT2D eigenvalue weighted by Crippen LogP contribution is -2.36. The quantitative estimate of drug-likeness (QED) is 0.610. The number of benzene rings is 2. The Labute approximate surface area is 188 Å². The summed E-state index contributed by atoms with van der Waals surface area (Å²) in [5.41, 5.74) is 1.36. The first-order valence-electron chi connectivity index (χ1n) is 9.60. The van der Waals surface area contributed by atoms with Gasteiger partial charge in [-0.1, -0.05) is 18.2 Å². The first kappa shape index (κ1) is 23.1. The van der Waals surface area contributed by atoms with Crippen molar-refractivity contribution in [2.75, 3.05) is 27.3 Å². The minimum absolute atomic E-state index is 0.0430. The van der Waals surface area contributed by atoms with Gasteiger partial charge in [0.25, 0.3) is 11.1 Å². The number of thioether (sulfide) groups is 1. The highest BCUT2D eigenvalue weighted by molar-refractivity contribution is 8.18. The Morgan fingerprint density at radius 3 is 2.44 bits per heavy atom. The van der Waals surface area contributed by atoms with Crippen LogP contribution in [0.2, 0.25) is 0 Å². The second-order valence-corrected chi connectivity index (χ2v) is 7.62. The van der Waals surface area contributed by atoms with E-state index in [0.29, 0.717) is 17.1 Å². The van der Waals surface area contributed by atoms with E-state index >= 15 is 0 Å². The van der Waals surface area contributed by atoms with Gasteiger partial charge in [0, 0.05) is 19.2 Å². The van der Waals surface area contributed by atoms with Crippen molar-refractivity contribution in [3.8, 4) is 11.5 Å². The minimum Gasteiger partial charge on any atom is -0.493 e. The van der Waals surface area contributed by atoms with Gasteiger partial charge in [0.15, 0.2) is 11.5 Å². The van der Waals surface area contributed by atoms with E-state index in [2.05, 4.69) is 5.32 Å². The molecular weight excluding hydrogens is 435 g/mol. The molecule has 0 atom stereocenters. The predicted molar refractivity (Wildman–Crippen MR) is 121 cm³/mol. The van der Waals surface area contributed by atoms with Gasteiger partial charge in [0.1, 0.15) is 5.82 Å². The lowest BCUT2D eigenvalue weighted by Gasteiger charge is -2.12. The maximum atomic E-state index is 13.0. The van der Waals surface area contributed by atoms with E-state index in [4.69, 9.17) is 9.47 Å². The summed E-state index contributed by atoms with van der Waals surface area (Å²) in [6.45, 7) is 0.151. The molecular formula is C23H21FN2O5S. The van der Waals surface area contributed by atoms with Crippen molar-refractivity contribution in [1.82, 2.24) is 10.2 Å². The Kier molecular flexibility index (Phi) is 7.67. The third-order valence-electron chi connectivity index (χ3n) is 4.51. The third kappa shape index (κ3) is 5.76. The Morgan fingerprint density at radius 1 is 1.06 bits per heavy atom. The summed E-state index contributed by atoms with van der Waals surface area (Å²) < 4.78 is 23.4. The Balaban J connectivity index is 1.53. The van der Waals surface area contributed by atoms with E-state index < -0.39 is 11.1 Å². The van der Waals surface area contributed by atoms with E-state index in [-0.39, 0.29) is 29.7 Å². The van der Waals surface area contributed by atoms with Crippen LogP contribution in [0, 0.1) is 5.82 Å². The van der Waals surface area contributed by atoms with Gasteiger partial charge in [-0.25, -0.2) is 4.39 Å². The molecule has 0 unspecified atom stereocenters. The van der Waals surface area contributed by atoms with Crippen molar-refractivity contribution in [1.29, 1.82) is 0 Å². The number of amides is 3. The molecule has 32 heavy (non-hydrogen) atoms. The molecule has 1 saturated heterocycles. The van der Waals surface area contributed by atoms with Crippen LogP contribution in [-0.4, -0.2) is 49.3 Å². The summed E-state index contributed by atoms with van der Waals surface area (Å²) in [5, 5.41) is 2.23. The average Bonchev–Trinajstić information content (AvgIpc) is 3.06. The highest BCUT2D eigenvalue weighted by atomic mass is 32.2. The Morgan fingerprint density at radius 2 is 1.75 bits per heavy atom. The summed E-state index contributed by atoms with van der Waals surface area (Å²) in [5.74, 6) is -0.0675. The molecule has 1 aliphatic rings. The van der Waals surface area contributed by atoms with Gasteiger partial charge >= 0.3 is 0 Å². The summed E-state index contributed by atoms with van der Waals surface area (Å²) in [7, 11) is 3.06. The molecule has 7 nitrogen and oxygen atoms in total. The molecule has 1 fully saturated rings. The van der Waals surface area contributed by atoms with Crippen LogP contribution >= 0.6 is 11.8 Å². The highest BCUT2D eigenvalue weighted by Crippen LogP contribution is 2.32. The number of halogens is 1. The average molecular weight is 456 g/mol. The fourth-order valence-corrected chi connectivity index (χ4v) is 3.75. The first-order chi connectivity index (χ1) is 15.4. The normalized spacial score (nSPS) is 15.0. The molecule has 0 aromatic heterocycles. The minimum atomic E-state index is -0.445. The molecule has 0 radical (unpaired) electrons. The smallest absolute Gasteiger partial charge is 0.293 e. The van der Waals surface area contributed by atoms with Crippen LogP contribution in [0.1, 0.15) is 11.1 Å². The van der Waals surface area contributed by atoms with Crippen LogP contribution in [0.25, 0.3) is 12.2 Å². The second-order valence-electron chi connectivity index (χ2n) is 6.62. The van der Waals surface area contributed by atoms with E-state index in [9.17, 15) is 18.8 Å². The van der Waals surface area contributed by atoms with Crippen LogP contribution in [0.4, 0.5) is 9.18 Å². The Hall–Kier alpha value is -3.59. The van der Waals surface area contributed by atoms with Gasteiger partial charge in [0.2, 0.25) is 5.91 Å². The molecule has 0 saturated carbocycles. The van der Waals surface area contributed by atoms with Gasteiger partial charge in [0.05, 0.1) is 19.1 Å². The zero-order chi connectivity index (χ0) is 23.1. The fourth-order valence-electron chi connectivity index (χ4n) is 2.88. The summed E-state index contributed by atoms with van der Waals surface area (Å²) in [6.07, 6.45) is 4.50.